The van der Waals surface area contributed by atoms with Gasteiger partial charge >= 0.3 is 0 Å². The molecule has 0 spiro atoms. The van der Waals surface area contributed by atoms with E-state index >= 15 is 0 Å². The SMILES string of the molecule is Cc1[nH]c2ccccc2c1[C@H](Nc1nccs1)c1ccc([N+](=O)[O-])cc1. The zero-order chi connectivity index (χ0) is 18.1. The van der Waals surface area contributed by atoms with E-state index in [0.29, 0.717) is 0 Å². The van der Waals surface area contributed by atoms with Crippen LogP contribution in [0.15, 0.2) is 60.1 Å². The molecule has 0 bridgehead atoms. The highest BCUT2D eigenvalue weighted by Crippen LogP contribution is 2.35. The maximum atomic E-state index is 11.0. The summed E-state index contributed by atoms with van der Waals surface area (Å²) >= 11 is 1.52. The highest BCUT2D eigenvalue weighted by Gasteiger charge is 2.22. The third-order valence-corrected chi connectivity index (χ3v) is 5.07. The molecule has 0 saturated heterocycles. The maximum absolute atomic E-state index is 11.0. The fourth-order valence-corrected chi connectivity index (χ4v) is 3.76. The van der Waals surface area contributed by atoms with Crippen molar-refractivity contribution in [1.29, 1.82) is 0 Å². The van der Waals surface area contributed by atoms with Gasteiger partial charge in [0.2, 0.25) is 0 Å². The van der Waals surface area contributed by atoms with E-state index in [2.05, 4.69) is 21.4 Å². The van der Waals surface area contributed by atoms with Crippen LogP contribution in [0.5, 0.6) is 0 Å². The van der Waals surface area contributed by atoms with Crippen LogP contribution in [0, 0.1) is 17.0 Å². The molecule has 2 N–H and O–H groups in total. The molecule has 26 heavy (non-hydrogen) atoms. The smallest absolute Gasteiger partial charge is 0.269 e. The summed E-state index contributed by atoms with van der Waals surface area (Å²) in [4.78, 5) is 18.3. The molecular formula is C19H16N4O2S. The van der Waals surface area contributed by atoms with E-state index in [1.807, 2.05) is 30.5 Å². The molecule has 4 rings (SSSR count). The molecule has 7 heteroatoms. The molecule has 2 heterocycles. The normalized spacial score (nSPS) is 12.2. The van der Waals surface area contributed by atoms with Gasteiger partial charge in [0.05, 0.1) is 11.0 Å². The number of hydrogen-bond acceptors (Lipinski definition) is 5. The Morgan fingerprint density at radius 1 is 1.19 bits per heavy atom. The van der Waals surface area contributed by atoms with Crippen molar-refractivity contribution in [3.63, 3.8) is 0 Å². The molecule has 2 aromatic heterocycles. The highest BCUT2D eigenvalue weighted by molar-refractivity contribution is 7.13. The standard InChI is InChI=1S/C19H16N4O2S/c1-12-17(15-4-2-3-5-16(15)21-12)18(22-19-20-10-11-26-19)13-6-8-14(9-7-13)23(24)25/h2-11,18,21H,1H3,(H,20,22)/t18-/m1/s1. The van der Waals surface area contributed by atoms with Gasteiger partial charge in [0.25, 0.3) is 5.69 Å². The lowest BCUT2D eigenvalue weighted by Crippen LogP contribution is -2.13. The van der Waals surface area contributed by atoms with E-state index in [1.54, 1.807) is 18.3 Å². The van der Waals surface area contributed by atoms with Crippen molar-refractivity contribution in [2.45, 2.75) is 13.0 Å². The van der Waals surface area contributed by atoms with Crippen LogP contribution in [0.1, 0.15) is 22.9 Å². The van der Waals surface area contributed by atoms with Gasteiger partial charge in [-0.2, -0.15) is 0 Å². The molecule has 0 saturated carbocycles. The summed E-state index contributed by atoms with van der Waals surface area (Å²) in [5.74, 6) is 0. The lowest BCUT2D eigenvalue weighted by Gasteiger charge is -2.20. The van der Waals surface area contributed by atoms with E-state index in [9.17, 15) is 10.1 Å². The van der Waals surface area contributed by atoms with Gasteiger partial charge in [0.15, 0.2) is 5.13 Å². The zero-order valence-corrected chi connectivity index (χ0v) is 14.8. The van der Waals surface area contributed by atoms with Gasteiger partial charge in [-0.3, -0.25) is 10.1 Å². The first-order valence-electron chi connectivity index (χ1n) is 8.11. The molecule has 0 amide bonds. The number of non-ortho nitro benzene ring substituents is 1. The molecule has 0 aliphatic carbocycles. The van der Waals surface area contributed by atoms with Crippen molar-refractivity contribution in [3.8, 4) is 0 Å². The lowest BCUT2D eigenvalue weighted by molar-refractivity contribution is -0.384. The van der Waals surface area contributed by atoms with E-state index in [0.717, 1.165) is 32.9 Å². The first-order chi connectivity index (χ1) is 12.6. The number of thiazole rings is 1. The summed E-state index contributed by atoms with van der Waals surface area (Å²) in [6, 6.07) is 14.6. The van der Waals surface area contributed by atoms with E-state index in [-0.39, 0.29) is 16.7 Å². The Balaban J connectivity index is 1.85. The Labute approximate surface area is 153 Å². The van der Waals surface area contributed by atoms with Gasteiger partial charge in [-0.25, -0.2) is 4.98 Å². The molecule has 2 aromatic carbocycles. The predicted molar refractivity (Wildman–Crippen MR) is 104 cm³/mol. The van der Waals surface area contributed by atoms with Gasteiger partial charge in [0.1, 0.15) is 0 Å². The number of nitrogens with one attached hydrogen (secondary N) is 2. The molecule has 0 aliphatic rings. The van der Waals surface area contributed by atoms with E-state index in [1.165, 1.54) is 23.5 Å². The third-order valence-electron chi connectivity index (χ3n) is 4.37. The Kier molecular flexibility index (Phi) is 4.14. The highest BCUT2D eigenvalue weighted by atomic mass is 32.1. The summed E-state index contributed by atoms with van der Waals surface area (Å²) in [6.07, 6.45) is 1.75. The van der Waals surface area contributed by atoms with Gasteiger partial charge in [-0.15, -0.1) is 11.3 Å². The van der Waals surface area contributed by atoms with Crippen LogP contribution in [-0.4, -0.2) is 14.9 Å². The zero-order valence-electron chi connectivity index (χ0n) is 14.0. The van der Waals surface area contributed by atoms with Gasteiger partial charge in [-0.05, 0) is 30.7 Å². The Morgan fingerprint density at radius 3 is 2.65 bits per heavy atom. The molecule has 1 atom stereocenters. The molecule has 0 radical (unpaired) electrons. The van der Waals surface area contributed by atoms with Crippen LogP contribution < -0.4 is 5.32 Å². The minimum atomic E-state index is -0.385. The Morgan fingerprint density at radius 2 is 1.96 bits per heavy atom. The van der Waals surface area contributed by atoms with Crippen LogP contribution in [0.2, 0.25) is 0 Å². The fourth-order valence-electron chi connectivity index (χ4n) is 3.20. The number of hydrogen-bond donors (Lipinski definition) is 2. The number of rotatable bonds is 5. The van der Waals surface area contributed by atoms with Crippen LogP contribution >= 0.6 is 11.3 Å². The third kappa shape index (κ3) is 2.93. The van der Waals surface area contributed by atoms with Gasteiger partial charge in [0, 0.05) is 45.9 Å². The second-order valence-electron chi connectivity index (χ2n) is 5.97. The molecule has 0 unspecified atom stereocenters. The number of nitro benzene ring substituents is 1. The molecule has 0 fully saturated rings. The summed E-state index contributed by atoms with van der Waals surface area (Å²) in [6.45, 7) is 2.04. The largest absolute Gasteiger partial charge is 0.358 e. The number of H-pyrrole nitrogens is 1. The predicted octanol–water partition coefficient (Wildman–Crippen LogP) is 5.04. The quantitative estimate of drug-likeness (QED) is 0.384. The van der Waals surface area contributed by atoms with Crippen molar-refractivity contribution in [2.75, 3.05) is 5.32 Å². The monoisotopic (exact) mass is 364 g/mol. The molecule has 0 aliphatic heterocycles. The summed E-state index contributed by atoms with van der Waals surface area (Å²) in [5, 5.41) is 18.3. The first kappa shape index (κ1) is 16.3. The van der Waals surface area contributed by atoms with Crippen molar-refractivity contribution >= 4 is 33.1 Å². The number of fused-ring (bicyclic) bond motifs is 1. The lowest BCUT2D eigenvalue weighted by atomic mass is 9.96. The Hall–Kier alpha value is -3.19. The number of aromatic amines is 1. The number of aromatic nitrogens is 2. The van der Waals surface area contributed by atoms with Crippen LogP contribution in [0.3, 0.4) is 0 Å². The average Bonchev–Trinajstić information content (AvgIpc) is 3.26. The Bertz CT molecular complexity index is 1060. The molecule has 130 valence electrons. The molecule has 6 nitrogen and oxygen atoms in total. The molecular weight excluding hydrogens is 348 g/mol. The van der Waals surface area contributed by atoms with Crippen molar-refractivity contribution in [1.82, 2.24) is 9.97 Å². The van der Waals surface area contributed by atoms with E-state index < -0.39 is 0 Å². The summed E-state index contributed by atoms with van der Waals surface area (Å²) in [5.41, 5.74) is 4.26. The minimum Gasteiger partial charge on any atom is -0.358 e. The van der Waals surface area contributed by atoms with Gasteiger partial charge in [-0.1, -0.05) is 18.2 Å². The number of nitro groups is 1. The van der Waals surface area contributed by atoms with Crippen molar-refractivity contribution in [3.05, 3.63) is 87.0 Å². The number of aryl methyl sites for hydroxylation is 1. The number of anilines is 1. The first-order valence-corrected chi connectivity index (χ1v) is 8.99. The topological polar surface area (TPSA) is 83.8 Å². The maximum Gasteiger partial charge on any atom is 0.269 e. The molecule has 4 aromatic rings. The summed E-state index contributed by atoms with van der Waals surface area (Å²) < 4.78 is 0. The number of benzene rings is 2. The van der Waals surface area contributed by atoms with Crippen LogP contribution in [0.25, 0.3) is 10.9 Å². The average molecular weight is 364 g/mol. The summed E-state index contributed by atoms with van der Waals surface area (Å²) in [7, 11) is 0. The van der Waals surface area contributed by atoms with E-state index in [4.69, 9.17) is 0 Å². The van der Waals surface area contributed by atoms with Crippen molar-refractivity contribution < 1.29 is 4.92 Å². The minimum absolute atomic E-state index is 0.0809. The van der Waals surface area contributed by atoms with Crippen LogP contribution in [-0.2, 0) is 0 Å². The number of para-hydroxylation sites is 1. The van der Waals surface area contributed by atoms with Crippen molar-refractivity contribution in [2.24, 2.45) is 0 Å². The van der Waals surface area contributed by atoms with Gasteiger partial charge < -0.3 is 10.3 Å². The second-order valence-corrected chi connectivity index (χ2v) is 6.87. The fraction of sp³-hybridized carbons (Fsp3) is 0.105. The number of nitrogens with zero attached hydrogens (tertiary/aromatic N) is 2. The van der Waals surface area contributed by atoms with Crippen LogP contribution in [0.4, 0.5) is 10.8 Å². The second kappa shape index (κ2) is 6.61.